The van der Waals surface area contributed by atoms with Crippen molar-refractivity contribution < 1.29 is 30.7 Å². The quantitative estimate of drug-likeness (QED) is 0.623. The van der Waals surface area contributed by atoms with Crippen LogP contribution < -0.4 is 9.47 Å². The number of Topliss-reactive ketones (excluding diaryl/α,β-unsaturated/α-hetero) is 1. The molecule has 0 aliphatic heterocycles. The molecule has 2 N–H and O–H groups in total. The minimum atomic E-state index is -1.61. The van der Waals surface area contributed by atoms with Gasteiger partial charge < -0.3 is 24.5 Å². The van der Waals surface area contributed by atoms with Crippen molar-refractivity contribution in [2.45, 2.75) is 12.3 Å². The van der Waals surface area contributed by atoms with Gasteiger partial charge >= 0.3 is 1.43 Å². The Morgan fingerprint density at radius 3 is 1.71 bits per heavy atom. The molecule has 0 aliphatic rings. The van der Waals surface area contributed by atoms with E-state index in [4.69, 9.17) is 9.47 Å². The van der Waals surface area contributed by atoms with Crippen LogP contribution in [0.15, 0.2) is 36.4 Å². The molecule has 0 radical (unpaired) electrons. The Hall–Kier alpha value is -3.02. The van der Waals surface area contributed by atoms with Crippen LogP contribution in [-0.4, -0.2) is 36.5 Å². The van der Waals surface area contributed by atoms with Crippen molar-refractivity contribution in [3.8, 4) is 23.0 Å². The first kappa shape index (κ1) is 17.3. The fourth-order valence-corrected chi connectivity index (χ4v) is 2.64. The van der Waals surface area contributed by atoms with Crippen LogP contribution in [0.5, 0.6) is 23.0 Å². The average Bonchev–Trinajstić information content (AvgIpc) is 2.58. The van der Waals surface area contributed by atoms with Gasteiger partial charge in [0.05, 0.1) is 14.2 Å². The monoisotopic (exact) mass is 331 g/mol. The van der Waals surface area contributed by atoms with E-state index >= 15 is 0 Å². The number of phenols is 2. The van der Waals surface area contributed by atoms with Gasteiger partial charge in [0.2, 0.25) is 0 Å². The fraction of sp³-hybridized carbons (Fsp3) is 0.222. The van der Waals surface area contributed by atoms with Gasteiger partial charge in [-0.2, -0.15) is 0 Å². The van der Waals surface area contributed by atoms with Crippen LogP contribution in [0.25, 0.3) is 0 Å². The zero-order valence-electron chi connectivity index (χ0n) is 14.6. The summed E-state index contributed by atoms with van der Waals surface area (Å²) in [4.78, 5) is 24.4. The molecule has 0 saturated heterocycles. The number of methoxy groups -OCH3 is 2. The normalized spacial score (nSPS) is 11.0. The lowest BCUT2D eigenvalue weighted by Gasteiger charge is -2.27. The third-order valence-corrected chi connectivity index (χ3v) is 4.00. The maximum Gasteiger partial charge on any atom is 1.00 e. The molecule has 0 atom stereocenters. The van der Waals surface area contributed by atoms with Gasteiger partial charge in [-0.1, -0.05) is 12.1 Å². The zero-order chi connectivity index (χ0) is 17.9. The highest BCUT2D eigenvalue weighted by atomic mass is 16.5. The standard InChI is InChI=1S/C18H18O6/c1-11(20)18(10-19,12-4-6-14(21)16(8-12)23-2)13-5-7-15(22)17(9-13)24-3/h4-10,21-22H,1-3H3/p+1. The molecule has 2 aromatic rings. The molecule has 0 saturated carbocycles. The molecule has 6 nitrogen and oxygen atoms in total. The Morgan fingerprint density at radius 2 is 1.42 bits per heavy atom. The largest absolute Gasteiger partial charge is 1.00 e. The number of ketones is 1. The molecule has 24 heavy (non-hydrogen) atoms. The third kappa shape index (κ3) is 2.67. The minimum Gasteiger partial charge on any atom is -0.504 e. The predicted molar refractivity (Wildman–Crippen MR) is 88.0 cm³/mol. The maximum atomic E-state index is 12.4. The molecule has 2 aromatic carbocycles. The highest BCUT2D eigenvalue weighted by molar-refractivity contribution is 6.07. The van der Waals surface area contributed by atoms with E-state index < -0.39 is 11.2 Å². The Morgan fingerprint density at radius 1 is 1.00 bits per heavy atom. The Balaban J connectivity index is 0.00000312. The summed E-state index contributed by atoms with van der Waals surface area (Å²) < 4.78 is 10.1. The SMILES string of the molecule is COc1cc(C(C=O)(C(C)=O)c2ccc(O)c(OC)c2)ccc1O.[H+]. The van der Waals surface area contributed by atoms with Gasteiger partial charge in [0, 0.05) is 0 Å². The van der Waals surface area contributed by atoms with Crippen molar-refractivity contribution in [3.05, 3.63) is 47.5 Å². The number of carbonyl (C=O) groups is 2. The number of phenolic OH excluding ortho intramolecular Hbond substituents is 2. The second-order valence-corrected chi connectivity index (χ2v) is 5.26. The van der Waals surface area contributed by atoms with Crippen molar-refractivity contribution in [1.29, 1.82) is 0 Å². The molecular formula is C18H19O6+. The van der Waals surface area contributed by atoms with Gasteiger partial charge in [0.25, 0.3) is 0 Å². The lowest BCUT2D eigenvalue weighted by Crippen LogP contribution is -2.37. The summed E-state index contributed by atoms with van der Waals surface area (Å²) in [6, 6.07) is 8.54. The summed E-state index contributed by atoms with van der Waals surface area (Å²) in [6.45, 7) is 1.30. The van der Waals surface area contributed by atoms with Crippen LogP contribution >= 0.6 is 0 Å². The number of hydrogen-bond acceptors (Lipinski definition) is 6. The molecule has 0 amide bonds. The van der Waals surface area contributed by atoms with Crippen LogP contribution in [0.4, 0.5) is 0 Å². The second-order valence-electron chi connectivity index (χ2n) is 5.26. The first-order valence-corrected chi connectivity index (χ1v) is 7.13. The first-order chi connectivity index (χ1) is 11.4. The van der Waals surface area contributed by atoms with Gasteiger partial charge in [0.1, 0.15) is 11.7 Å². The lowest BCUT2D eigenvalue weighted by atomic mass is 9.72. The molecule has 0 aliphatic carbocycles. The second kappa shape index (κ2) is 6.62. The van der Waals surface area contributed by atoms with Crippen molar-refractivity contribution in [2.24, 2.45) is 0 Å². The van der Waals surface area contributed by atoms with Crippen LogP contribution in [0, 0.1) is 0 Å². The third-order valence-electron chi connectivity index (χ3n) is 4.00. The van der Waals surface area contributed by atoms with Crippen LogP contribution in [-0.2, 0) is 15.0 Å². The number of aldehydes is 1. The van der Waals surface area contributed by atoms with E-state index in [1.54, 1.807) is 0 Å². The number of carbonyl (C=O) groups excluding carboxylic acids is 2. The van der Waals surface area contributed by atoms with E-state index in [2.05, 4.69) is 0 Å². The van der Waals surface area contributed by atoms with Gasteiger partial charge in [-0.3, -0.25) is 4.79 Å². The predicted octanol–water partition coefficient (Wildman–Crippen LogP) is 2.30. The Bertz CT molecular complexity index is 734. The molecule has 0 heterocycles. The Labute approximate surface area is 140 Å². The fourth-order valence-electron chi connectivity index (χ4n) is 2.64. The summed E-state index contributed by atoms with van der Waals surface area (Å²) in [5.41, 5.74) is -0.929. The number of aromatic hydroxyl groups is 2. The van der Waals surface area contributed by atoms with Gasteiger partial charge in [-0.25, -0.2) is 0 Å². The van der Waals surface area contributed by atoms with E-state index in [9.17, 15) is 19.8 Å². The molecule has 2 rings (SSSR count). The molecule has 0 aromatic heterocycles. The summed E-state index contributed by atoms with van der Waals surface area (Å²) in [5.74, 6) is -0.338. The molecule has 0 spiro atoms. The smallest absolute Gasteiger partial charge is 0.504 e. The highest BCUT2D eigenvalue weighted by Gasteiger charge is 2.40. The zero-order valence-corrected chi connectivity index (χ0v) is 13.6. The molecule has 6 heteroatoms. The van der Waals surface area contributed by atoms with Crippen molar-refractivity contribution in [2.75, 3.05) is 14.2 Å². The number of rotatable bonds is 6. The number of ether oxygens (including phenoxy) is 2. The minimum absolute atomic E-state index is 0. The summed E-state index contributed by atoms with van der Waals surface area (Å²) >= 11 is 0. The van der Waals surface area contributed by atoms with E-state index in [1.165, 1.54) is 57.5 Å². The van der Waals surface area contributed by atoms with Crippen molar-refractivity contribution >= 4 is 12.1 Å². The Kier molecular flexibility index (Phi) is 4.78. The number of benzene rings is 2. The van der Waals surface area contributed by atoms with Crippen LogP contribution in [0.2, 0.25) is 0 Å². The molecule has 126 valence electrons. The summed E-state index contributed by atoms with van der Waals surface area (Å²) in [6.07, 6.45) is 0.535. The average molecular weight is 331 g/mol. The van der Waals surface area contributed by atoms with Crippen LogP contribution in [0.3, 0.4) is 0 Å². The van der Waals surface area contributed by atoms with Crippen LogP contribution in [0.1, 0.15) is 19.5 Å². The highest BCUT2D eigenvalue weighted by Crippen LogP contribution is 2.39. The van der Waals surface area contributed by atoms with Gasteiger partial charge in [-0.05, 0) is 42.3 Å². The first-order valence-electron chi connectivity index (χ1n) is 7.13. The van der Waals surface area contributed by atoms with Gasteiger partial charge in [-0.15, -0.1) is 0 Å². The molecular weight excluding hydrogens is 312 g/mol. The van der Waals surface area contributed by atoms with Gasteiger partial charge in [0.15, 0.2) is 28.8 Å². The van der Waals surface area contributed by atoms with E-state index in [0.717, 1.165) is 0 Å². The summed E-state index contributed by atoms with van der Waals surface area (Å²) in [5, 5.41) is 19.5. The van der Waals surface area contributed by atoms with E-state index in [-0.39, 0.29) is 24.4 Å². The molecule has 0 fully saturated rings. The molecule has 0 unspecified atom stereocenters. The van der Waals surface area contributed by atoms with Crippen molar-refractivity contribution in [3.63, 3.8) is 0 Å². The summed E-state index contributed by atoms with van der Waals surface area (Å²) in [7, 11) is 2.75. The maximum absolute atomic E-state index is 12.4. The number of hydrogen-bond donors (Lipinski definition) is 2. The van der Waals surface area contributed by atoms with E-state index in [1.807, 2.05) is 0 Å². The topological polar surface area (TPSA) is 93.1 Å². The van der Waals surface area contributed by atoms with Crippen molar-refractivity contribution in [1.82, 2.24) is 0 Å². The molecule has 0 bridgehead atoms. The lowest BCUT2D eigenvalue weighted by molar-refractivity contribution is -0.126. The van der Waals surface area contributed by atoms with E-state index in [0.29, 0.717) is 17.4 Å².